The lowest BCUT2D eigenvalue weighted by molar-refractivity contribution is -0.121. The standard InChI is InChI=1S/C28H34N4O7/c1-28(2,3)39-26(34)29-19-13-30(14-19)15-22-16-31(27(35)38-22)20-7-10-24-23(11-20)32(25(33)17-37-24)12-18-5-8-21(36-4)9-6-18/h5-11,19,22H,12-17H2,1-4H3,(H,29,34)/t22-/m1/s1. The molecule has 0 saturated carbocycles. The summed E-state index contributed by atoms with van der Waals surface area (Å²) >= 11 is 0. The van der Waals surface area contributed by atoms with E-state index in [9.17, 15) is 14.4 Å². The van der Waals surface area contributed by atoms with Gasteiger partial charge >= 0.3 is 12.2 Å². The zero-order chi connectivity index (χ0) is 27.7. The molecule has 2 aromatic carbocycles. The monoisotopic (exact) mass is 538 g/mol. The number of nitrogens with one attached hydrogen (secondary N) is 1. The van der Waals surface area contributed by atoms with Gasteiger partial charge in [0.15, 0.2) is 6.61 Å². The second-order valence-electron chi connectivity index (χ2n) is 10.9. The Bertz CT molecular complexity index is 1240. The summed E-state index contributed by atoms with van der Waals surface area (Å²) in [7, 11) is 1.61. The van der Waals surface area contributed by atoms with Crippen LogP contribution in [0.15, 0.2) is 42.5 Å². The fourth-order valence-corrected chi connectivity index (χ4v) is 4.85. The molecular weight excluding hydrogens is 504 g/mol. The van der Waals surface area contributed by atoms with E-state index in [1.165, 1.54) is 0 Å². The van der Waals surface area contributed by atoms with E-state index in [1.807, 2.05) is 45.0 Å². The Morgan fingerprint density at radius 1 is 1.08 bits per heavy atom. The van der Waals surface area contributed by atoms with Crippen molar-refractivity contribution in [1.82, 2.24) is 10.2 Å². The van der Waals surface area contributed by atoms with Crippen molar-refractivity contribution in [1.29, 1.82) is 0 Å². The average Bonchev–Trinajstić information content (AvgIpc) is 3.23. The molecule has 0 aliphatic carbocycles. The van der Waals surface area contributed by atoms with Gasteiger partial charge in [-0.1, -0.05) is 12.1 Å². The lowest BCUT2D eigenvalue weighted by atomic mass is 10.1. The highest BCUT2D eigenvalue weighted by molar-refractivity contribution is 5.99. The van der Waals surface area contributed by atoms with Gasteiger partial charge in [-0.3, -0.25) is 14.6 Å². The summed E-state index contributed by atoms with van der Waals surface area (Å²) in [4.78, 5) is 42.9. The van der Waals surface area contributed by atoms with Crippen LogP contribution in [0.25, 0.3) is 0 Å². The first-order valence-corrected chi connectivity index (χ1v) is 13.0. The molecule has 2 fully saturated rings. The second-order valence-corrected chi connectivity index (χ2v) is 10.9. The van der Waals surface area contributed by atoms with Crippen LogP contribution in [0, 0.1) is 0 Å². The zero-order valence-electron chi connectivity index (χ0n) is 22.6. The SMILES string of the molecule is COc1ccc(CN2C(=O)COc3ccc(N4C[C@@H](CN5CC(NC(=O)OC(C)(C)C)C5)OC4=O)cc32)cc1. The molecule has 1 N–H and O–H groups in total. The van der Waals surface area contributed by atoms with E-state index in [4.69, 9.17) is 18.9 Å². The number of benzene rings is 2. The number of amides is 3. The van der Waals surface area contributed by atoms with Gasteiger partial charge < -0.3 is 29.2 Å². The molecule has 5 rings (SSSR count). The Kier molecular flexibility index (Phi) is 7.26. The third-order valence-electron chi connectivity index (χ3n) is 6.71. The fraction of sp³-hybridized carbons (Fsp3) is 0.464. The number of carbonyl (C=O) groups excluding carboxylic acids is 3. The third kappa shape index (κ3) is 6.19. The van der Waals surface area contributed by atoms with Gasteiger partial charge in [-0.25, -0.2) is 9.59 Å². The summed E-state index contributed by atoms with van der Waals surface area (Å²) in [6.45, 7) is 8.05. The highest BCUT2D eigenvalue weighted by atomic mass is 16.6. The van der Waals surface area contributed by atoms with Crippen LogP contribution in [-0.2, 0) is 20.8 Å². The van der Waals surface area contributed by atoms with Crippen LogP contribution in [-0.4, -0.2) is 80.6 Å². The first kappa shape index (κ1) is 26.6. The number of methoxy groups -OCH3 is 1. The van der Waals surface area contributed by atoms with E-state index < -0.39 is 17.8 Å². The van der Waals surface area contributed by atoms with Crippen molar-refractivity contribution in [2.45, 2.75) is 45.1 Å². The van der Waals surface area contributed by atoms with Crippen LogP contribution in [0.2, 0.25) is 0 Å². The van der Waals surface area contributed by atoms with Crippen LogP contribution >= 0.6 is 0 Å². The summed E-state index contributed by atoms with van der Waals surface area (Å²) in [5.41, 5.74) is 1.64. The van der Waals surface area contributed by atoms with Crippen molar-refractivity contribution in [2.75, 3.05) is 49.7 Å². The number of fused-ring (bicyclic) bond motifs is 1. The molecule has 0 aromatic heterocycles. The maximum Gasteiger partial charge on any atom is 0.414 e. The van der Waals surface area contributed by atoms with Crippen molar-refractivity contribution < 1.29 is 33.3 Å². The zero-order valence-corrected chi connectivity index (χ0v) is 22.6. The third-order valence-corrected chi connectivity index (χ3v) is 6.71. The highest BCUT2D eigenvalue weighted by Crippen LogP contribution is 2.37. The minimum absolute atomic E-state index is 0.00271. The predicted octanol–water partition coefficient (Wildman–Crippen LogP) is 3.15. The van der Waals surface area contributed by atoms with Crippen molar-refractivity contribution in [3.8, 4) is 11.5 Å². The van der Waals surface area contributed by atoms with Gasteiger partial charge in [0, 0.05) is 25.3 Å². The van der Waals surface area contributed by atoms with E-state index in [-0.39, 0.29) is 24.7 Å². The summed E-state index contributed by atoms with van der Waals surface area (Å²) in [6, 6.07) is 12.9. The molecule has 39 heavy (non-hydrogen) atoms. The summed E-state index contributed by atoms with van der Waals surface area (Å²) in [5.74, 6) is 1.16. The summed E-state index contributed by atoms with van der Waals surface area (Å²) in [6.07, 6.45) is -1.18. The number of anilines is 2. The van der Waals surface area contributed by atoms with E-state index in [1.54, 1.807) is 35.1 Å². The molecule has 3 heterocycles. The minimum atomic E-state index is -0.544. The van der Waals surface area contributed by atoms with E-state index in [0.717, 1.165) is 11.3 Å². The molecule has 11 heteroatoms. The van der Waals surface area contributed by atoms with Crippen LogP contribution in [0.3, 0.4) is 0 Å². The van der Waals surface area contributed by atoms with Crippen LogP contribution in [0.1, 0.15) is 26.3 Å². The fourth-order valence-electron chi connectivity index (χ4n) is 4.85. The maximum atomic E-state index is 12.8. The molecule has 0 radical (unpaired) electrons. The van der Waals surface area contributed by atoms with Gasteiger partial charge in [-0.05, 0) is 56.7 Å². The highest BCUT2D eigenvalue weighted by Gasteiger charge is 2.38. The van der Waals surface area contributed by atoms with Gasteiger partial charge in [-0.15, -0.1) is 0 Å². The number of nitrogens with zero attached hydrogens (tertiary/aromatic N) is 3. The molecule has 2 aromatic rings. The van der Waals surface area contributed by atoms with Crippen molar-refractivity contribution in [3.63, 3.8) is 0 Å². The molecule has 0 spiro atoms. The Morgan fingerprint density at radius 3 is 2.51 bits per heavy atom. The average molecular weight is 539 g/mol. The number of cyclic esters (lactones) is 1. The number of carbonyl (C=O) groups is 3. The number of likely N-dealkylation sites (tertiary alicyclic amines) is 1. The predicted molar refractivity (Wildman–Crippen MR) is 143 cm³/mol. The van der Waals surface area contributed by atoms with Crippen LogP contribution < -0.4 is 24.6 Å². The summed E-state index contributed by atoms with van der Waals surface area (Å²) in [5, 5.41) is 2.86. The van der Waals surface area contributed by atoms with Crippen LogP contribution in [0.4, 0.5) is 21.0 Å². The second kappa shape index (κ2) is 10.6. The number of rotatable bonds is 7. The Morgan fingerprint density at radius 2 is 1.82 bits per heavy atom. The maximum absolute atomic E-state index is 12.8. The molecule has 0 unspecified atom stereocenters. The minimum Gasteiger partial charge on any atom is -0.497 e. The number of hydrogen-bond donors (Lipinski definition) is 1. The van der Waals surface area contributed by atoms with Crippen molar-refractivity contribution >= 4 is 29.5 Å². The summed E-state index contributed by atoms with van der Waals surface area (Å²) < 4.78 is 21.8. The Balaban J connectivity index is 1.20. The van der Waals surface area contributed by atoms with E-state index in [2.05, 4.69) is 10.2 Å². The smallest absolute Gasteiger partial charge is 0.414 e. The molecule has 1 atom stereocenters. The molecular formula is C28H34N4O7. The Labute approximate surface area is 227 Å². The first-order valence-electron chi connectivity index (χ1n) is 13.0. The van der Waals surface area contributed by atoms with Crippen molar-refractivity contribution in [3.05, 3.63) is 48.0 Å². The molecule has 0 bridgehead atoms. The van der Waals surface area contributed by atoms with E-state index >= 15 is 0 Å². The first-order chi connectivity index (χ1) is 18.6. The van der Waals surface area contributed by atoms with Gasteiger partial charge in [0.2, 0.25) is 0 Å². The number of hydrogen-bond acceptors (Lipinski definition) is 8. The van der Waals surface area contributed by atoms with Gasteiger partial charge in [-0.2, -0.15) is 0 Å². The molecule has 11 nitrogen and oxygen atoms in total. The quantitative estimate of drug-likeness (QED) is 0.573. The van der Waals surface area contributed by atoms with E-state index in [0.29, 0.717) is 49.8 Å². The number of alkyl carbamates (subject to hydrolysis) is 1. The number of ether oxygens (including phenoxy) is 4. The van der Waals surface area contributed by atoms with Gasteiger partial charge in [0.1, 0.15) is 23.2 Å². The molecule has 3 amide bonds. The lowest BCUT2D eigenvalue weighted by Crippen LogP contribution is -2.61. The normalized spacial score (nSPS) is 19.6. The Hall–Kier alpha value is -3.99. The molecule has 3 aliphatic rings. The largest absolute Gasteiger partial charge is 0.497 e. The molecule has 2 saturated heterocycles. The van der Waals surface area contributed by atoms with Gasteiger partial charge in [0.05, 0.1) is 31.9 Å². The van der Waals surface area contributed by atoms with Gasteiger partial charge in [0.25, 0.3) is 5.91 Å². The molecule has 208 valence electrons. The topological polar surface area (TPSA) is 110 Å². The van der Waals surface area contributed by atoms with Crippen molar-refractivity contribution in [2.24, 2.45) is 0 Å². The molecule has 3 aliphatic heterocycles. The van der Waals surface area contributed by atoms with Crippen LogP contribution in [0.5, 0.6) is 11.5 Å². The lowest BCUT2D eigenvalue weighted by Gasteiger charge is -2.40.